The molecule has 0 bridgehead atoms. The van der Waals surface area contributed by atoms with Crippen molar-refractivity contribution in [1.29, 1.82) is 0 Å². The first-order valence-electron chi connectivity index (χ1n) is 7.68. The molecule has 0 atom stereocenters. The SMILES string of the molecule is O=c1ccn(-c2ccccc2)nc1-c1ccn(-c2ccc(Cl)cc2)n1. The van der Waals surface area contributed by atoms with E-state index in [2.05, 4.69) is 10.2 Å². The zero-order valence-electron chi connectivity index (χ0n) is 13.1. The van der Waals surface area contributed by atoms with Crippen molar-refractivity contribution in [3.63, 3.8) is 0 Å². The summed E-state index contributed by atoms with van der Waals surface area (Å²) in [4.78, 5) is 12.3. The van der Waals surface area contributed by atoms with E-state index in [1.54, 1.807) is 40.0 Å². The van der Waals surface area contributed by atoms with Crippen LogP contribution in [0.4, 0.5) is 0 Å². The third-order valence-corrected chi connectivity index (χ3v) is 4.00. The maximum Gasteiger partial charge on any atom is 0.209 e. The molecule has 0 N–H and O–H groups in total. The van der Waals surface area contributed by atoms with Crippen LogP contribution in [-0.4, -0.2) is 19.6 Å². The minimum absolute atomic E-state index is 0.173. The van der Waals surface area contributed by atoms with Crippen LogP contribution < -0.4 is 5.43 Å². The summed E-state index contributed by atoms with van der Waals surface area (Å²) in [6.45, 7) is 0. The molecule has 0 fully saturated rings. The fourth-order valence-corrected chi connectivity index (χ4v) is 2.62. The summed E-state index contributed by atoms with van der Waals surface area (Å²) in [5.41, 5.74) is 2.38. The molecule has 0 unspecified atom stereocenters. The van der Waals surface area contributed by atoms with Gasteiger partial charge >= 0.3 is 0 Å². The minimum atomic E-state index is -0.173. The highest BCUT2D eigenvalue weighted by molar-refractivity contribution is 6.30. The summed E-state index contributed by atoms with van der Waals surface area (Å²) >= 11 is 5.91. The first kappa shape index (κ1) is 15.4. The molecule has 0 aliphatic heterocycles. The van der Waals surface area contributed by atoms with Crippen molar-refractivity contribution in [2.75, 3.05) is 0 Å². The lowest BCUT2D eigenvalue weighted by Crippen LogP contribution is -2.13. The molecule has 5 nitrogen and oxygen atoms in total. The molecule has 0 saturated carbocycles. The van der Waals surface area contributed by atoms with E-state index >= 15 is 0 Å². The van der Waals surface area contributed by atoms with E-state index in [-0.39, 0.29) is 5.43 Å². The van der Waals surface area contributed by atoms with E-state index in [1.165, 1.54) is 6.07 Å². The lowest BCUT2D eigenvalue weighted by Gasteiger charge is -2.06. The average molecular weight is 349 g/mol. The van der Waals surface area contributed by atoms with Gasteiger partial charge in [0.05, 0.1) is 11.4 Å². The number of halogens is 1. The molecule has 2 aromatic heterocycles. The summed E-state index contributed by atoms with van der Waals surface area (Å²) < 4.78 is 3.35. The molecule has 4 aromatic rings. The van der Waals surface area contributed by atoms with Crippen molar-refractivity contribution < 1.29 is 0 Å². The van der Waals surface area contributed by atoms with Crippen LogP contribution in [0.3, 0.4) is 0 Å². The van der Waals surface area contributed by atoms with Gasteiger partial charge in [-0.15, -0.1) is 0 Å². The van der Waals surface area contributed by atoms with E-state index in [1.807, 2.05) is 42.5 Å². The lowest BCUT2D eigenvalue weighted by molar-refractivity contribution is 0.830. The van der Waals surface area contributed by atoms with Gasteiger partial charge in [0.1, 0.15) is 5.69 Å². The standard InChI is InChI=1S/C19H13ClN4O/c20-14-6-8-16(9-7-14)23-12-10-17(21-23)19-18(25)11-13-24(22-19)15-4-2-1-3-5-15/h1-13H. The third kappa shape index (κ3) is 3.09. The Labute approximate surface area is 148 Å². The van der Waals surface area contributed by atoms with Crippen molar-refractivity contribution in [1.82, 2.24) is 19.6 Å². The van der Waals surface area contributed by atoms with Crippen molar-refractivity contribution in [2.45, 2.75) is 0 Å². The summed E-state index contributed by atoms with van der Waals surface area (Å²) in [5.74, 6) is 0. The highest BCUT2D eigenvalue weighted by atomic mass is 35.5. The average Bonchev–Trinajstić information content (AvgIpc) is 3.13. The van der Waals surface area contributed by atoms with Crippen LogP contribution in [0.1, 0.15) is 0 Å². The maximum absolute atomic E-state index is 12.3. The highest BCUT2D eigenvalue weighted by Gasteiger charge is 2.11. The van der Waals surface area contributed by atoms with Gasteiger partial charge in [0.2, 0.25) is 5.43 Å². The smallest absolute Gasteiger partial charge is 0.209 e. The number of nitrogens with zero attached hydrogens (tertiary/aromatic N) is 4. The van der Waals surface area contributed by atoms with Gasteiger partial charge in [0, 0.05) is 23.5 Å². The Morgan fingerprint density at radius 2 is 1.36 bits per heavy atom. The van der Waals surface area contributed by atoms with Crippen LogP contribution in [-0.2, 0) is 0 Å². The van der Waals surface area contributed by atoms with Gasteiger partial charge in [-0.1, -0.05) is 29.8 Å². The number of rotatable bonds is 3. The molecule has 4 rings (SSSR count). The van der Waals surface area contributed by atoms with Gasteiger partial charge in [-0.25, -0.2) is 9.36 Å². The molecular formula is C19H13ClN4O. The molecule has 6 heteroatoms. The van der Waals surface area contributed by atoms with Crippen LogP contribution >= 0.6 is 11.6 Å². The van der Waals surface area contributed by atoms with Gasteiger partial charge in [-0.2, -0.15) is 10.2 Å². The maximum atomic E-state index is 12.3. The summed E-state index contributed by atoms with van der Waals surface area (Å²) in [7, 11) is 0. The lowest BCUT2D eigenvalue weighted by atomic mass is 10.3. The summed E-state index contributed by atoms with van der Waals surface area (Å²) in [5, 5.41) is 9.57. The number of hydrogen-bond acceptors (Lipinski definition) is 3. The second-order valence-corrected chi connectivity index (χ2v) is 5.87. The highest BCUT2D eigenvalue weighted by Crippen LogP contribution is 2.16. The molecule has 122 valence electrons. The van der Waals surface area contributed by atoms with Gasteiger partial charge in [-0.05, 0) is 42.5 Å². The van der Waals surface area contributed by atoms with Gasteiger partial charge in [0.15, 0.2) is 5.69 Å². The Balaban J connectivity index is 1.75. The Bertz CT molecular complexity index is 1070. The summed E-state index contributed by atoms with van der Waals surface area (Å²) in [6, 6.07) is 20.2. The number of benzene rings is 2. The van der Waals surface area contributed by atoms with E-state index in [9.17, 15) is 4.79 Å². The predicted molar refractivity (Wildman–Crippen MR) is 97.4 cm³/mol. The van der Waals surface area contributed by atoms with E-state index in [0.717, 1.165) is 11.4 Å². The fourth-order valence-electron chi connectivity index (χ4n) is 2.50. The molecule has 2 heterocycles. The van der Waals surface area contributed by atoms with Crippen LogP contribution in [0.5, 0.6) is 0 Å². The van der Waals surface area contributed by atoms with E-state index in [0.29, 0.717) is 16.4 Å². The summed E-state index contributed by atoms with van der Waals surface area (Å²) in [6.07, 6.45) is 3.44. The van der Waals surface area contributed by atoms with E-state index < -0.39 is 0 Å². The van der Waals surface area contributed by atoms with Gasteiger partial charge in [0.25, 0.3) is 0 Å². The Morgan fingerprint density at radius 1 is 0.720 bits per heavy atom. The first-order valence-corrected chi connectivity index (χ1v) is 8.06. The Morgan fingerprint density at radius 3 is 2.12 bits per heavy atom. The largest absolute Gasteiger partial charge is 0.287 e. The van der Waals surface area contributed by atoms with Crippen LogP contribution in [0, 0.1) is 0 Å². The monoisotopic (exact) mass is 348 g/mol. The van der Waals surface area contributed by atoms with Crippen molar-refractivity contribution >= 4 is 11.6 Å². The number of aromatic nitrogens is 4. The minimum Gasteiger partial charge on any atom is -0.287 e. The van der Waals surface area contributed by atoms with Crippen LogP contribution in [0.2, 0.25) is 5.02 Å². The molecule has 0 saturated heterocycles. The zero-order valence-corrected chi connectivity index (χ0v) is 13.8. The molecule has 25 heavy (non-hydrogen) atoms. The number of hydrogen-bond donors (Lipinski definition) is 0. The first-order chi connectivity index (χ1) is 12.2. The number of para-hydroxylation sites is 1. The zero-order chi connectivity index (χ0) is 17.2. The second-order valence-electron chi connectivity index (χ2n) is 5.43. The molecule has 0 amide bonds. The van der Waals surface area contributed by atoms with E-state index in [4.69, 9.17) is 11.6 Å². The predicted octanol–water partition coefficient (Wildman–Crippen LogP) is 3.74. The van der Waals surface area contributed by atoms with Gasteiger partial charge < -0.3 is 0 Å². The molecular weight excluding hydrogens is 336 g/mol. The fraction of sp³-hybridized carbons (Fsp3) is 0. The normalized spacial score (nSPS) is 10.8. The second kappa shape index (κ2) is 6.37. The van der Waals surface area contributed by atoms with Crippen LogP contribution in [0.25, 0.3) is 22.8 Å². The van der Waals surface area contributed by atoms with Gasteiger partial charge in [-0.3, -0.25) is 4.79 Å². The van der Waals surface area contributed by atoms with Crippen molar-refractivity contribution in [3.8, 4) is 22.8 Å². The molecule has 0 spiro atoms. The van der Waals surface area contributed by atoms with Crippen molar-refractivity contribution in [2.24, 2.45) is 0 Å². The molecule has 0 aliphatic rings. The molecule has 0 radical (unpaired) electrons. The molecule has 0 aliphatic carbocycles. The topological polar surface area (TPSA) is 52.7 Å². The van der Waals surface area contributed by atoms with Crippen LogP contribution in [0.15, 0.2) is 83.9 Å². The third-order valence-electron chi connectivity index (χ3n) is 3.75. The Kier molecular flexibility index (Phi) is 3.91. The Hall–Kier alpha value is -3.18. The molecule has 2 aromatic carbocycles. The quantitative estimate of drug-likeness (QED) is 0.566. The van der Waals surface area contributed by atoms with Crippen molar-refractivity contribution in [3.05, 3.63) is 94.4 Å².